The molecule has 0 aliphatic rings. The second-order valence-corrected chi connectivity index (χ2v) is 3.13. The van der Waals surface area contributed by atoms with Crippen LogP contribution in [-0.2, 0) is 9.53 Å². The molecule has 88 valence electrons. The molecule has 7 heteroatoms. The van der Waals surface area contributed by atoms with E-state index in [2.05, 4.69) is 9.72 Å². The second-order valence-electron chi connectivity index (χ2n) is 3.13. The number of carbonyl (C=O) groups excluding carboxylic acids is 1. The highest BCUT2D eigenvalue weighted by Crippen LogP contribution is 2.17. The van der Waals surface area contributed by atoms with Crippen LogP contribution in [0.15, 0.2) is 17.1 Å². The minimum Gasteiger partial charge on any atom is -0.467 e. The summed E-state index contributed by atoms with van der Waals surface area (Å²) in [4.78, 5) is 24.1. The van der Waals surface area contributed by atoms with Gasteiger partial charge in [0.2, 0.25) is 0 Å². The molecule has 0 bridgehead atoms. The van der Waals surface area contributed by atoms with Gasteiger partial charge in [-0.15, -0.1) is 0 Å². The number of nitrogens with two attached hydrogens (primary N) is 1. The average molecular weight is 228 g/mol. The van der Waals surface area contributed by atoms with Gasteiger partial charge in [-0.25, -0.2) is 4.79 Å². The third-order valence-corrected chi connectivity index (χ3v) is 2.04. The lowest BCUT2D eigenvalue weighted by Gasteiger charge is -2.15. The highest BCUT2D eigenvalue weighted by molar-refractivity contribution is 5.75. The summed E-state index contributed by atoms with van der Waals surface area (Å²) in [5.74, 6) is -0.975. The molecule has 0 radical (unpaired) electrons. The van der Waals surface area contributed by atoms with Crippen molar-refractivity contribution in [2.75, 3.05) is 12.8 Å². The number of carbonyl (C=O) groups is 1. The zero-order valence-corrected chi connectivity index (χ0v) is 8.51. The Bertz CT molecular complexity index is 442. The summed E-state index contributed by atoms with van der Waals surface area (Å²) in [6.45, 7) is 0. The van der Waals surface area contributed by atoms with Crippen LogP contribution in [0.3, 0.4) is 0 Å². The van der Waals surface area contributed by atoms with Gasteiger partial charge in [-0.05, 0) is 6.07 Å². The van der Waals surface area contributed by atoms with Gasteiger partial charge in [0.15, 0.2) is 6.10 Å². The Morgan fingerprint density at radius 3 is 2.69 bits per heavy atom. The number of aliphatic hydroxyl groups is 2. The number of pyridine rings is 1. The van der Waals surface area contributed by atoms with E-state index in [-0.39, 0.29) is 11.3 Å². The number of esters is 1. The fourth-order valence-corrected chi connectivity index (χ4v) is 1.12. The first kappa shape index (κ1) is 12.2. The maximum absolute atomic E-state index is 10.9. The molecule has 2 atom stereocenters. The number of ether oxygens (including phenoxy) is 1. The molecule has 5 N–H and O–H groups in total. The molecule has 0 aliphatic carbocycles. The van der Waals surface area contributed by atoms with Crippen molar-refractivity contribution in [2.45, 2.75) is 12.2 Å². The molecule has 0 spiro atoms. The van der Waals surface area contributed by atoms with E-state index in [0.717, 1.165) is 13.3 Å². The summed E-state index contributed by atoms with van der Waals surface area (Å²) >= 11 is 0. The van der Waals surface area contributed by atoms with Crippen LogP contribution in [0.1, 0.15) is 11.7 Å². The first-order chi connectivity index (χ1) is 7.47. The fourth-order valence-electron chi connectivity index (χ4n) is 1.12. The first-order valence-electron chi connectivity index (χ1n) is 4.39. The molecule has 1 aromatic heterocycles. The molecule has 2 unspecified atom stereocenters. The number of hydrogen-bond donors (Lipinski definition) is 4. The number of methoxy groups -OCH3 is 1. The largest absolute Gasteiger partial charge is 0.467 e. The topological polar surface area (TPSA) is 126 Å². The standard InChI is InChI=1S/C9H12N2O5/c1-16-9(15)7(13)6(12)4-2-5(10)8(14)11-3-4/h2-3,6-7,12-13H,10H2,1H3,(H,11,14). The van der Waals surface area contributed by atoms with Crippen LogP contribution in [0.4, 0.5) is 5.69 Å². The van der Waals surface area contributed by atoms with Gasteiger partial charge in [0.1, 0.15) is 6.10 Å². The van der Waals surface area contributed by atoms with Gasteiger partial charge in [-0.1, -0.05) is 0 Å². The Kier molecular flexibility index (Phi) is 3.64. The number of aliphatic hydroxyl groups excluding tert-OH is 2. The predicted octanol–water partition coefficient (Wildman–Crippen LogP) is -1.48. The number of nitrogens with one attached hydrogen (secondary N) is 1. The lowest BCUT2D eigenvalue weighted by Crippen LogP contribution is -2.29. The zero-order valence-electron chi connectivity index (χ0n) is 8.51. The number of nitrogen functional groups attached to an aromatic ring is 1. The van der Waals surface area contributed by atoms with E-state index in [9.17, 15) is 19.8 Å². The molecular formula is C9H12N2O5. The summed E-state index contributed by atoms with van der Waals surface area (Å²) in [5, 5.41) is 18.9. The Hall–Kier alpha value is -1.86. The van der Waals surface area contributed by atoms with Crippen molar-refractivity contribution in [1.29, 1.82) is 0 Å². The van der Waals surface area contributed by atoms with E-state index in [1.165, 1.54) is 6.07 Å². The van der Waals surface area contributed by atoms with Crippen molar-refractivity contribution in [3.05, 3.63) is 28.2 Å². The molecule has 1 heterocycles. The van der Waals surface area contributed by atoms with Crippen molar-refractivity contribution in [2.24, 2.45) is 0 Å². The fraction of sp³-hybridized carbons (Fsp3) is 0.333. The molecule has 0 fully saturated rings. The quantitative estimate of drug-likeness (QED) is 0.468. The predicted molar refractivity (Wildman–Crippen MR) is 54.5 cm³/mol. The number of aromatic amines is 1. The molecule has 7 nitrogen and oxygen atoms in total. The molecule has 1 rings (SSSR count). The maximum atomic E-state index is 10.9. The SMILES string of the molecule is COC(=O)C(O)C(O)c1c[nH]c(=O)c(N)c1. The minimum atomic E-state index is -1.73. The number of H-pyrrole nitrogens is 1. The summed E-state index contributed by atoms with van der Waals surface area (Å²) in [5.41, 5.74) is 4.81. The van der Waals surface area contributed by atoms with Gasteiger partial charge < -0.3 is 25.7 Å². The highest BCUT2D eigenvalue weighted by atomic mass is 16.5. The van der Waals surface area contributed by atoms with E-state index in [0.29, 0.717) is 0 Å². The first-order valence-corrected chi connectivity index (χ1v) is 4.39. The van der Waals surface area contributed by atoms with Crippen molar-refractivity contribution >= 4 is 11.7 Å². The van der Waals surface area contributed by atoms with E-state index < -0.39 is 23.7 Å². The van der Waals surface area contributed by atoms with Crippen molar-refractivity contribution in [3.63, 3.8) is 0 Å². The highest BCUT2D eigenvalue weighted by Gasteiger charge is 2.26. The van der Waals surface area contributed by atoms with E-state index in [1.54, 1.807) is 0 Å². The molecule has 0 saturated heterocycles. The molecular weight excluding hydrogens is 216 g/mol. The number of hydrogen-bond acceptors (Lipinski definition) is 6. The van der Waals surface area contributed by atoms with E-state index >= 15 is 0 Å². The number of aromatic nitrogens is 1. The van der Waals surface area contributed by atoms with E-state index in [4.69, 9.17) is 5.73 Å². The average Bonchev–Trinajstić information content (AvgIpc) is 2.29. The van der Waals surface area contributed by atoms with Crippen LogP contribution in [-0.4, -0.2) is 34.4 Å². The lowest BCUT2D eigenvalue weighted by atomic mass is 10.1. The van der Waals surface area contributed by atoms with Gasteiger partial charge in [-0.3, -0.25) is 4.79 Å². The van der Waals surface area contributed by atoms with Crippen molar-refractivity contribution < 1.29 is 19.7 Å². The van der Waals surface area contributed by atoms with Crippen LogP contribution >= 0.6 is 0 Å². The summed E-state index contributed by atoms with van der Waals surface area (Å²) < 4.78 is 4.26. The number of rotatable bonds is 3. The monoisotopic (exact) mass is 228 g/mol. The van der Waals surface area contributed by atoms with Crippen molar-refractivity contribution in [1.82, 2.24) is 4.98 Å². The van der Waals surface area contributed by atoms with Gasteiger partial charge in [-0.2, -0.15) is 0 Å². The Labute approximate surface area is 90.5 Å². The zero-order chi connectivity index (χ0) is 12.3. The Balaban J connectivity index is 2.96. The van der Waals surface area contributed by atoms with Crippen molar-refractivity contribution in [3.8, 4) is 0 Å². The maximum Gasteiger partial charge on any atom is 0.337 e. The van der Waals surface area contributed by atoms with E-state index in [1.807, 2.05) is 0 Å². The summed E-state index contributed by atoms with van der Waals surface area (Å²) in [6, 6.07) is 1.18. The minimum absolute atomic E-state index is 0.117. The van der Waals surface area contributed by atoms with Gasteiger partial charge >= 0.3 is 5.97 Å². The molecule has 16 heavy (non-hydrogen) atoms. The van der Waals surface area contributed by atoms with Crippen LogP contribution < -0.4 is 11.3 Å². The third kappa shape index (κ3) is 2.38. The van der Waals surface area contributed by atoms with Gasteiger partial charge in [0.25, 0.3) is 5.56 Å². The number of anilines is 1. The Morgan fingerprint density at radius 2 is 2.19 bits per heavy atom. The second kappa shape index (κ2) is 4.77. The Morgan fingerprint density at radius 1 is 1.56 bits per heavy atom. The molecule has 0 aromatic carbocycles. The van der Waals surface area contributed by atoms with Crippen LogP contribution in [0.2, 0.25) is 0 Å². The molecule has 0 aliphatic heterocycles. The molecule has 0 saturated carbocycles. The van der Waals surface area contributed by atoms with Gasteiger partial charge in [0, 0.05) is 11.8 Å². The van der Waals surface area contributed by atoms with Gasteiger partial charge in [0.05, 0.1) is 12.8 Å². The molecule has 0 amide bonds. The third-order valence-electron chi connectivity index (χ3n) is 2.04. The normalized spacial score (nSPS) is 14.2. The van der Waals surface area contributed by atoms with Crippen LogP contribution in [0, 0.1) is 0 Å². The van der Waals surface area contributed by atoms with Crippen LogP contribution in [0.25, 0.3) is 0 Å². The summed E-state index contributed by atoms with van der Waals surface area (Å²) in [6.07, 6.45) is -2.07. The smallest absolute Gasteiger partial charge is 0.337 e. The van der Waals surface area contributed by atoms with Crippen LogP contribution in [0.5, 0.6) is 0 Å². The molecule has 1 aromatic rings. The summed E-state index contributed by atoms with van der Waals surface area (Å²) in [7, 11) is 1.08. The lowest BCUT2D eigenvalue weighted by molar-refractivity contribution is -0.156.